The van der Waals surface area contributed by atoms with Crippen LogP contribution in [0.2, 0.25) is 0 Å². The van der Waals surface area contributed by atoms with E-state index in [1.807, 2.05) is 49.4 Å². The molecule has 1 N–H and O–H groups in total. The molecule has 0 aliphatic carbocycles. The highest BCUT2D eigenvalue weighted by Gasteiger charge is 2.08. The van der Waals surface area contributed by atoms with Crippen molar-refractivity contribution in [1.29, 1.82) is 0 Å². The molecule has 0 saturated heterocycles. The third kappa shape index (κ3) is 4.68. The number of carbonyl (C=O) groups excluding carboxylic acids is 1. The van der Waals surface area contributed by atoms with Crippen molar-refractivity contribution in [3.05, 3.63) is 52.1 Å². The summed E-state index contributed by atoms with van der Waals surface area (Å²) in [6.45, 7) is 3.04. The summed E-state index contributed by atoms with van der Waals surface area (Å²) in [5.74, 6) is 1.45. The van der Waals surface area contributed by atoms with Crippen molar-refractivity contribution in [2.45, 2.75) is 26.3 Å². The Kier molecular flexibility index (Phi) is 6.13. The van der Waals surface area contributed by atoms with Gasteiger partial charge in [0, 0.05) is 18.7 Å². The number of aromatic nitrogens is 1. The second-order valence-corrected chi connectivity index (χ2v) is 6.96. The summed E-state index contributed by atoms with van der Waals surface area (Å²) >= 11 is 1.19. The molecule has 3 rings (SSSR count). The zero-order valence-electron chi connectivity index (χ0n) is 15.4. The minimum absolute atomic E-state index is 0.0201. The molecule has 0 atom stereocenters. The number of hydrogen-bond donors (Lipinski definition) is 1. The van der Waals surface area contributed by atoms with Crippen LogP contribution in [0.4, 0.5) is 5.69 Å². The van der Waals surface area contributed by atoms with Gasteiger partial charge in [0.15, 0.2) is 0 Å². The number of fused-ring (bicyclic) bond motifs is 1. The van der Waals surface area contributed by atoms with Crippen LogP contribution < -0.4 is 19.7 Å². The lowest BCUT2D eigenvalue weighted by atomic mass is 10.2. The number of hydrogen-bond acceptors (Lipinski definition) is 5. The van der Waals surface area contributed by atoms with Crippen molar-refractivity contribution >= 4 is 33.1 Å². The number of ether oxygens (including phenoxy) is 2. The first-order valence-corrected chi connectivity index (χ1v) is 9.62. The fraction of sp³-hybridized carbons (Fsp3) is 0.300. The summed E-state index contributed by atoms with van der Waals surface area (Å²) in [6.07, 6.45) is 0.972. The van der Waals surface area contributed by atoms with Crippen molar-refractivity contribution in [3.8, 4) is 11.5 Å². The summed E-state index contributed by atoms with van der Waals surface area (Å²) in [6, 6.07) is 12.9. The van der Waals surface area contributed by atoms with Gasteiger partial charge in [-0.15, -0.1) is 0 Å². The maximum atomic E-state index is 12.1. The quantitative estimate of drug-likeness (QED) is 0.596. The number of methoxy groups -OCH3 is 1. The monoisotopic (exact) mass is 386 g/mol. The second kappa shape index (κ2) is 8.73. The molecule has 3 aromatic rings. The Morgan fingerprint density at radius 1 is 1.15 bits per heavy atom. The van der Waals surface area contributed by atoms with E-state index >= 15 is 0 Å². The standard InChI is InChI=1S/C20H22N2O4S/c1-3-22-17-11-6-14(13-18(17)27-20(22)24)21-19(23)5-4-12-26-16-9-7-15(25-2)8-10-16/h6-11,13H,3-5,12H2,1-2H3,(H,21,23). The summed E-state index contributed by atoms with van der Waals surface area (Å²) in [5.41, 5.74) is 1.60. The highest BCUT2D eigenvalue weighted by molar-refractivity contribution is 7.16. The highest BCUT2D eigenvalue weighted by Crippen LogP contribution is 2.22. The Morgan fingerprint density at radius 2 is 1.89 bits per heavy atom. The van der Waals surface area contributed by atoms with Crippen LogP contribution >= 0.6 is 11.3 Å². The molecule has 7 heteroatoms. The molecule has 0 spiro atoms. The Bertz CT molecular complexity index is 976. The normalized spacial score (nSPS) is 10.7. The molecule has 1 heterocycles. The van der Waals surface area contributed by atoms with Crippen molar-refractivity contribution in [2.24, 2.45) is 0 Å². The Labute approximate surface area is 161 Å². The smallest absolute Gasteiger partial charge is 0.308 e. The van der Waals surface area contributed by atoms with E-state index in [9.17, 15) is 9.59 Å². The zero-order chi connectivity index (χ0) is 19.2. The highest BCUT2D eigenvalue weighted by atomic mass is 32.1. The fourth-order valence-corrected chi connectivity index (χ4v) is 3.76. The van der Waals surface area contributed by atoms with Crippen LogP contribution in [-0.2, 0) is 11.3 Å². The molecule has 27 heavy (non-hydrogen) atoms. The van der Waals surface area contributed by atoms with Crippen LogP contribution in [0.3, 0.4) is 0 Å². The van der Waals surface area contributed by atoms with Gasteiger partial charge < -0.3 is 14.8 Å². The molecule has 0 saturated carbocycles. The summed E-state index contributed by atoms with van der Waals surface area (Å²) in [7, 11) is 1.62. The van der Waals surface area contributed by atoms with E-state index in [-0.39, 0.29) is 10.8 Å². The van der Waals surface area contributed by atoms with Gasteiger partial charge in [-0.05, 0) is 55.8 Å². The molecule has 2 aromatic carbocycles. The summed E-state index contributed by atoms with van der Waals surface area (Å²) in [4.78, 5) is 24.0. The average Bonchev–Trinajstić information content (AvgIpc) is 2.99. The summed E-state index contributed by atoms with van der Waals surface area (Å²) in [5, 5.41) is 2.88. The predicted molar refractivity (Wildman–Crippen MR) is 108 cm³/mol. The van der Waals surface area contributed by atoms with E-state index in [0.717, 1.165) is 21.7 Å². The topological polar surface area (TPSA) is 69.6 Å². The van der Waals surface area contributed by atoms with Crippen molar-refractivity contribution in [3.63, 3.8) is 0 Å². The van der Waals surface area contributed by atoms with Gasteiger partial charge in [-0.2, -0.15) is 0 Å². The first-order chi connectivity index (χ1) is 13.1. The maximum absolute atomic E-state index is 12.1. The van der Waals surface area contributed by atoms with Gasteiger partial charge in [0.2, 0.25) is 5.91 Å². The Hall–Kier alpha value is -2.80. The number of amides is 1. The van der Waals surface area contributed by atoms with Crippen molar-refractivity contribution in [1.82, 2.24) is 4.57 Å². The van der Waals surface area contributed by atoms with E-state index in [1.54, 1.807) is 11.7 Å². The SMILES string of the molecule is CCn1c(=O)sc2cc(NC(=O)CCCOc3ccc(OC)cc3)ccc21. The zero-order valence-corrected chi connectivity index (χ0v) is 16.2. The molecule has 0 bridgehead atoms. The van der Waals surface area contributed by atoms with Gasteiger partial charge in [0.1, 0.15) is 11.5 Å². The molecular formula is C20H22N2O4S. The molecule has 0 aliphatic rings. The van der Waals surface area contributed by atoms with Crippen molar-refractivity contribution in [2.75, 3.05) is 19.0 Å². The van der Waals surface area contributed by atoms with E-state index in [2.05, 4.69) is 5.32 Å². The van der Waals surface area contributed by atoms with Gasteiger partial charge in [0.25, 0.3) is 0 Å². The molecule has 6 nitrogen and oxygen atoms in total. The van der Waals surface area contributed by atoms with Gasteiger partial charge in [-0.3, -0.25) is 14.2 Å². The first-order valence-electron chi connectivity index (χ1n) is 8.81. The number of aryl methyl sites for hydroxylation is 1. The van der Waals surface area contributed by atoms with Crippen LogP contribution in [0.25, 0.3) is 10.2 Å². The second-order valence-electron chi connectivity index (χ2n) is 5.97. The number of thiazole rings is 1. The third-order valence-electron chi connectivity index (χ3n) is 4.14. The minimum Gasteiger partial charge on any atom is -0.497 e. The van der Waals surface area contributed by atoms with E-state index in [4.69, 9.17) is 9.47 Å². The Morgan fingerprint density at radius 3 is 2.59 bits per heavy atom. The van der Waals surface area contributed by atoms with Gasteiger partial charge in [-0.1, -0.05) is 11.3 Å². The van der Waals surface area contributed by atoms with Crippen LogP contribution in [0.5, 0.6) is 11.5 Å². The van der Waals surface area contributed by atoms with E-state index < -0.39 is 0 Å². The molecule has 0 aliphatic heterocycles. The molecule has 0 radical (unpaired) electrons. The lowest BCUT2D eigenvalue weighted by Crippen LogP contribution is -2.13. The molecule has 1 aromatic heterocycles. The number of benzene rings is 2. The minimum atomic E-state index is -0.0741. The molecule has 0 fully saturated rings. The number of carbonyl (C=O) groups is 1. The van der Waals surface area contributed by atoms with Gasteiger partial charge in [0.05, 0.1) is 23.9 Å². The number of rotatable bonds is 8. The van der Waals surface area contributed by atoms with Gasteiger partial charge in [-0.25, -0.2) is 0 Å². The lowest BCUT2D eigenvalue weighted by Gasteiger charge is -2.08. The van der Waals surface area contributed by atoms with Crippen molar-refractivity contribution < 1.29 is 14.3 Å². The number of nitrogens with zero attached hydrogens (tertiary/aromatic N) is 1. The van der Waals surface area contributed by atoms with Crippen LogP contribution in [-0.4, -0.2) is 24.2 Å². The third-order valence-corrected chi connectivity index (χ3v) is 5.09. The molecular weight excluding hydrogens is 364 g/mol. The molecule has 1 amide bonds. The number of anilines is 1. The van der Waals surface area contributed by atoms with Crippen LogP contribution in [0, 0.1) is 0 Å². The maximum Gasteiger partial charge on any atom is 0.308 e. The fourth-order valence-electron chi connectivity index (χ4n) is 2.76. The first kappa shape index (κ1) is 19.0. The molecule has 0 unspecified atom stereocenters. The van der Waals surface area contributed by atoms with Crippen LogP contribution in [0.1, 0.15) is 19.8 Å². The Balaban J connectivity index is 1.48. The van der Waals surface area contributed by atoms with Gasteiger partial charge >= 0.3 is 4.87 Å². The molecule has 142 valence electrons. The summed E-state index contributed by atoms with van der Waals surface area (Å²) < 4.78 is 13.3. The van der Waals surface area contributed by atoms with E-state index in [1.165, 1.54) is 11.3 Å². The van der Waals surface area contributed by atoms with Crippen LogP contribution in [0.15, 0.2) is 47.3 Å². The van der Waals surface area contributed by atoms with E-state index in [0.29, 0.717) is 31.7 Å². The largest absolute Gasteiger partial charge is 0.497 e. The lowest BCUT2D eigenvalue weighted by molar-refractivity contribution is -0.116. The predicted octanol–water partition coefficient (Wildman–Crippen LogP) is 3.89. The number of nitrogens with one attached hydrogen (secondary N) is 1. The average molecular weight is 386 g/mol.